The zero-order valence-electron chi connectivity index (χ0n) is 8.39. The Kier molecular flexibility index (Phi) is 7.21. The zero-order valence-corrected chi connectivity index (χ0v) is 8.39. The first-order valence-electron chi connectivity index (χ1n) is 4.75. The second-order valence-electron chi connectivity index (χ2n) is 2.46. The standard InChI is InChI=1S/C9H12FN.C2H6/c10-9-5-3-1-2-4-8(9)6-7-11;1-2/h1-4H,5-7,11H2;1-2H3. The van der Waals surface area contributed by atoms with E-state index in [1.54, 1.807) is 12.2 Å². The molecule has 0 unspecified atom stereocenters. The van der Waals surface area contributed by atoms with Gasteiger partial charge in [-0.3, -0.25) is 0 Å². The lowest BCUT2D eigenvalue weighted by atomic mass is 10.1. The highest BCUT2D eigenvalue weighted by Crippen LogP contribution is 2.17. The highest BCUT2D eigenvalue weighted by Gasteiger charge is 2.02. The van der Waals surface area contributed by atoms with E-state index in [9.17, 15) is 4.39 Å². The minimum atomic E-state index is -0.0551. The molecule has 1 aliphatic rings. The Hall–Kier alpha value is -0.890. The molecule has 0 fully saturated rings. The summed E-state index contributed by atoms with van der Waals surface area (Å²) in [6, 6.07) is 0. The van der Waals surface area contributed by atoms with Gasteiger partial charge in [0.25, 0.3) is 0 Å². The van der Waals surface area contributed by atoms with E-state index in [0.717, 1.165) is 5.57 Å². The lowest BCUT2D eigenvalue weighted by Gasteiger charge is -1.99. The third-order valence-electron chi connectivity index (χ3n) is 1.60. The van der Waals surface area contributed by atoms with Gasteiger partial charge < -0.3 is 5.73 Å². The summed E-state index contributed by atoms with van der Waals surface area (Å²) >= 11 is 0. The summed E-state index contributed by atoms with van der Waals surface area (Å²) in [4.78, 5) is 0. The van der Waals surface area contributed by atoms with Gasteiger partial charge in [0.05, 0.1) is 0 Å². The molecule has 0 aromatic carbocycles. The van der Waals surface area contributed by atoms with E-state index in [1.807, 2.05) is 26.0 Å². The maximum absolute atomic E-state index is 13.0. The molecule has 1 nitrogen and oxygen atoms in total. The summed E-state index contributed by atoms with van der Waals surface area (Å²) in [6.07, 6.45) is 8.31. The molecule has 2 heteroatoms. The average molecular weight is 183 g/mol. The number of rotatable bonds is 2. The molecule has 0 heterocycles. The van der Waals surface area contributed by atoms with Crippen LogP contribution in [0.1, 0.15) is 26.7 Å². The van der Waals surface area contributed by atoms with Crippen LogP contribution in [-0.2, 0) is 0 Å². The number of hydrogen-bond acceptors (Lipinski definition) is 1. The molecule has 0 aromatic rings. The molecule has 0 bridgehead atoms. The third-order valence-corrected chi connectivity index (χ3v) is 1.60. The zero-order chi connectivity index (χ0) is 10.1. The van der Waals surface area contributed by atoms with E-state index in [1.165, 1.54) is 0 Å². The Balaban J connectivity index is 0.000000671. The average Bonchev–Trinajstić information content (AvgIpc) is 2.36. The first kappa shape index (κ1) is 12.1. The monoisotopic (exact) mass is 183 g/mol. The van der Waals surface area contributed by atoms with Gasteiger partial charge in [-0.2, -0.15) is 0 Å². The fourth-order valence-electron chi connectivity index (χ4n) is 1.02. The fraction of sp³-hybridized carbons (Fsp3) is 0.455. The van der Waals surface area contributed by atoms with Crippen LogP contribution in [0.25, 0.3) is 0 Å². The van der Waals surface area contributed by atoms with E-state index in [2.05, 4.69) is 0 Å². The van der Waals surface area contributed by atoms with Crippen LogP contribution in [0.15, 0.2) is 35.7 Å². The normalized spacial score (nSPS) is 15.1. The third kappa shape index (κ3) is 4.63. The maximum Gasteiger partial charge on any atom is 0.107 e. The molecule has 13 heavy (non-hydrogen) atoms. The quantitative estimate of drug-likeness (QED) is 0.699. The van der Waals surface area contributed by atoms with E-state index >= 15 is 0 Å². The molecule has 2 N–H and O–H groups in total. The number of allylic oxidation sites excluding steroid dienone is 5. The number of hydrogen-bond donors (Lipinski definition) is 1. The first-order chi connectivity index (χ1) is 6.34. The largest absolute Gasteiger partial charge is 0.330 e. The molecule has 0 radical (unpaired) electrons. The molecule has 0 atom stereocenters. The van der Waals surface area contributed by atoms with Gasteiger partial charge in [0.2, 0.25) is 0 Å². The van der Waals surface area contributed by atoms with Crippen LogP contribution in [-0.4, -0.2) is 6.54 Å². The smallest absolute Gasteiger partial charge is 0.107 e. The topological polar surface area (TPSA) is 26.0 Å². The van der Waals surface area contributed by atoms with E-state index in [0.29, 0.717) is 19.4 Å². The Morgan fingerprint density at radius 1 is 1.38 bits per heavy atom. The van der Waals surface area contributed by atoms with Crippen molar-refractivity contribution < 1.29 is 4.39 Å². The van der Waals surface area contributed by atoms with Gasteiger partial charge in [-0.15, -0.1) is 0 Å². The van der Waals surface area contributed by atoms with Crippen molar-refractivity contribution in [1.29, 1.82) is 0 Å². The minimum Gasteiger partial charge on any atom is -0.330 e. The van der Waals surface area contributed by atoms with Crippen molar-refractivity contribution in [3.05, 3.63) is 35.7 Å². The van der Waals surface area contributed by atoms with Crippen LogP contribution >= 0.6 is 0 Å². The van der Waals surface area contributed by atoms with Gasteiger partial charge in [0, 0.05) is 6.42 Å². The van der Waals surface area contributed by atoms with Crippen molar-refractivity contribution in [2.45, 2.75) is 26.7 Å². The molecular formula is C11H18FN. The molecule has 0 spiro atoms. The van der Waals surface area contributed by atoms with Gasteiger partial charge in [-0.1, -0.05) is 38.2 Å². The molecule has 0 saturated carbocycles. The lowest BCUT2D eigenvalue weighted by Crippen LogP contribution is -2.00. The van der Waals surface area contributed by atoms with E-state index < -0.39 is 0 Å². The predicted octanol–water partition coefficient (Wildman–Crippen LogP) is 3.10. The molecule has 1 rings (SSSR count). The second-order valence-corrected chi connectivity index (χ2v) is 2.46. The van der Waals surface area contributed by atoms with Crippen LogP contribution in [0.2, 0.25) is 0 Å². The van der Waals surface area contributed by atoms with Crippen LogP contribution in [0, 0.1) is 0 Å². The van der Waals surface area contributed by atoms with Gasteiger partial charge in [0.15, 0.2) is 0 Å². The lowest BCUT2D eigenvalue weighted by molar-refractivity contribution is 0.603. The predicted molar refractivity (Wildman–Crippen MR) is 56.1 cm³/mol. The number of nitrogens with two attached hydrogens (primary N) is 1. The molecule has 0 saturated heterocycles. The molecule has 0 amide bonds. The van der Waals surface area contributed by atoms with Crippen LogP contribution in [0.4, 0.5) is 4.39 Å². The summed E-state index contributed by atoms with van der Waals surface area (Å²) in [5, 5.41) is 0. The summed E-state index contributed by atoms with van der Waals surface area (Å²) < 4.78 is 13.0. The van der Waals surface area contributed by atoms with Gasteiger partial charge >= 0.3 is 0 Å². The van der Waals surface area contributed by atoms with Crippen molar-refractivity contribution in [1.82, 2.24) is 0 Å². The van der Waals surface area contributed by atoms with Crippen LogP contribution in [0.5, 0.6) is 0 Å². The van der Waals surface area contributed by atoms with E-state index in [-0.39, 0.29) is 5.83 Å². The summed E-state index contributed by atoms with van der Waals surface area (Å²) in [6.45, 7) is 4.51. The molecule has 74 valence electrons. The molecular weight excluding hydrogens is 165 g/mol. The second kappa shape index (κ2) is 7.74. The van der Waals surface area contributed by atoms with Crippen LogP contribution < -0.4 is 5.73 Å². The minimum absolute atomic E-state index is 0.0551. The highest BCUT2D eigenvalue weighted by atomic mass is 19.1. The summed E-state index contributed by atoms with van der Waals surface area (Å²) in [5.41, 5.74) is 6.05. The Morgan fingerprint density at radius 2 is 2.08 bits per heavy atom. The fourth-order valence-corrected chi connectivity index (χ4v) is 1.02. The van der Waals surface area contributed by atoms with Crippen molar-refractivity contribution in [2.24, 2.45) is 5.73 Å². The van der Waals surface area contributed by atoms with Gasteiger partial charge in [0.1, 0.15) is 5.83 Å². The molecule has 1 aliphatic carbocycles. The van der Waals surface area contributed by atoms with E-state index in [4.69, 9.17) is 5.73 Å². The van der Waals surface area contributed by atoms with Crippen LogP contribution in [0.3, 0.4) is 0 Å². The number of halogens is 1. The summed E-state index contributed by atoms with van der Waals surface area (Å²) in [7, 11) is 0. The van der Waals surface area contributed by atoms with Gasteiger partial charge in [-0.05, 0) is 18.5 Å². The molecule has 0 aliphatic heterocycles. The Bertz CT molecular complexity index is 214. The maximum atomic E-state index is 13.0. The van der Waals surface area contributed by atoms with Crippen molar-refractivity contribution in [2.75, 3.05) is 6.54 Å². The Labute approximate surface area is 79.8 Å². The van der Waals surface area contributed by atoms with Crippen molar-refractivity contribution in [3.8, 4) is 0 Å². The SMILES string of the molecule is CC.NCCC1=C(F)CC=CC=C1. The molecule has 0 aromatic heterocycles. The van der Waals surface area contributed by atoms with Gasteiger partial charge in [-0.25, -0.2) is 4.39 Å². The first-order valence-corrected chi connectivity index (χ1v) is 4.75. The van der Waals surface area contributed by atoms with Crippen molar-refractivity contribution >= 4 is 0 Å². The van der Waals surface area contributed by atoms with Crippen molar-refractivity contribution in [3.63, 3.8) is 0 Å². The highest BCUT2D eigenvalue weighted by molar-refractivity contribution is 5.29. The summed E-state index contributed by atoms with van der Waals surface area (Å²) in [5.74, 6) is -0.0551. The Morgan fingerprint density at radius 3 is 2.69 bits per heavy atom.